The molecule has 0 aliphatic carbocycles. The number of aryl methyl sites for hydroxylation is 2. The second-order valence-electron chi connectivity index (χ2n) is 4.78. The maximum Gasteiger partial charge on any atom is 0.259 e. The zero-order valence-corrected chi connectivity index (χ0v) is 12.7. The van der Waals surface area contributed by atoms with E-state index in [2.05, 4.69) is 10.2 Å². The zero-order chi connectivity index (χ0) is 15.7. The molecule has 0 N–H and O–H groups in total. The first-order valence-electron chi connectivity index (χ1n) is 6.57. The van der Waals surface area contributed by atoms with E-state index in [1.165, 1.54) is 12.1 Å². The lowest BCUT2D eigenvalue weighted by molar-refractivity contribution is 0.502. The van der Waals surface area contributed by atoms with Gasteiger partial charge in [-0.25, -0.2) is 4.39 Å². The van der Waals surface area contributed by atoms with Gasteiger partial charge in [-0.1, -0.05) is 23.7 Å². The first-order valence-corrected chi connectivity index (χ1v) is 6.95. The molecule has 0 radical (unpaired) electrons. The van der Waals surface area contributed by atoms with E-state index in [1.807, 2.05) is 19.9 Å². The molecule has 0 saturated heterocycles. The van der Waals surface area contributed by atoms with E-state index in [4.69, 9.17) is 20.4 Å². The van der Waals surface area contributed by atoms with Crippen LogP contribution in [-0.4, -0.2) is 10.2 Å². The molecule has 0 aliphatic rings. The highest BCUT2D eigenvalue weighted by Crippen LogP contribution is 2.28. The molecule has 0 atom stereocenters. The van der Waals surface area contributed by atoms with Crippen LogP contribution in [0.25, 0.3) is 22.6 Å². The van der Waals surface area contributed by atoms with Gasteiger partial charge in [0.2, 0.25) is 0 Å². The van der Waals surface area contributed by atoms with Gasteiger partial charge in [-0.3, -0.25) is 0 Å². The number of hydrogen-bond donors (Lipinski definition) is 0. The summed E-state index contributed by atoms with van der Waals surface area (Å²) < 4.78 is 23.9. The highest BCUT2D eigenvalue weighted by atomic mass is 35.5. The monoisotopic (exact) mass is 318 g/mol. The minimum absolute atomic E-state index is 0.194. The predicted octanol–water partition coefficient (Wildman–Crippen LogP) is 4.82. The van der Waals surface area contributed by atoms with Gasteiger partial charge in [0.1, 0.15) is 22.4 Å². The Hall–Kier alpha value is -2.40. The minimum Gasteiger partial charge on any atom is -0.466 e. The first-order chi connectivity index (χ1) is 10.5. The molecule has 0 spiro atoms. The van der Waals surface area contributed by atoms with Gasteiger partial charge in [0.05, 0.1) is 5.56 Å². The Morgan fingerprint density at radius 2 is 1.86 bits per heavy atom. The maximum atomic E-state index is 12.9. The topological polar surface area (TPSA) is 52.1 Å². The Kier molecular flexibility index (Phi) is 3.81. The number of rotatable bonds is 3. The molecule has 0 aliphatic heterocycles. The van der Waals surface area contributed by atoms with Gasteiger partial charge in [-0.2, -0.15) is 0 Å². The Morgan fingerprint density at radius 3 is 2.50 bits per heavy atom. The van der Waals surface area contributed by atoms with Crippen molar-refractivity contribution in [2.24, 2.45) is 0 Å². The average molecular weight is 319 g/mol. The van der Waals surface area contributed by atoms with Crippen LogP contribution in [0.1, 0.15) is 23.0 Å². The first kappa shape index (κ1) is 14.5. The fraction of sp³-hybridized carbons (Fsp3) is 0.125. The normalized spacial score (nSPS) is 11.9. The van der Waals surface area contributed by atoms with Crippen molar-refractivity contribution in [1.82, 2.24) is 10.2 Å². The van der Waals surface area contributed by atoms with E-state index in [0.29, 0.717) is 11.7 Å². The fourth-order valence-corrected chi connectivity index (χ4v) is 2.24. The van der Waals surface area contributed by atoms with Crippen LogP contribution in [0, 0.1) is 19.7 Å². The lowest BCUT2D eigenvalue weighted by Gasteiger charge is -1.95. The molecule has 0 saturated carbocycles. The Morgan fingerprint density at radius 1 is 1.14 bits per heavy atom. The second kappa shape index (κ2) is 5.77. The summed E-state index contributed by atoms with van der Waals surface area (Å²) in [6.45, 7) is 3.66. The summed E-state index contributed by atoms with van der Waals surface area (Å²) in [5, 5.41) is 8.18. The van der Waals surface area contributed by atoms with Crippen molar-refractivity contribution in [2.45, 2.75) is 13.8 Å². The third-order valence-electron chi connectivity index (χ3n) is 3.06. The van der Waals surface area contributed by atoms with Crippen molar-refractivity contribution in [3.63, 3.8) is 0 Å². The van der Waals surface area contributed by atoms with Gasteiger partial charge in [-0.15, -0.1) is 10.2 Å². The number of benzene rings is 1. The number of halogens is 2. The second-order valence-corrected chi connectivity index (χ2v) is 5.19. The van der Waals surface area contributed by atoms with E-state index in [1.54, 1.807) is 18.2 Å². The molecule has 2 aromatic heterocycles. The van der Waals surface area contributed by atoms with Gasteiger partial charge in [0.25, 0.3) is 11.8 Å². The predicted molar refractivity (Wildman–Crippen MR) is 81.6 cm³/mol. The Balaban J connectivity index is 1.90. The van der Waals surface area contributed by atoms with Crippen molar-refractivity contribution in [2.75, 3.05) is 0 Å². The van der Waals surface area contributed by atoms with Crippen LogP contribution in [0.2, 0.25) is 0 Å². The van der Waals surface area contributed by atoms with Crippen LogP contribution >= 0.6 is 11.6 Å². The van der Waals surface area contributed by atoms with E-state index in [-0.39, 0.29) is 16.7 Å². The molecule has 22 heavy (non-hydrogen) atoms. The molecule has 2 heterocycles. The standard InChI is InChI=1S/C16H12ClFN2O2/c1-9-7-13(10(2)21-9)15-19-20-16(22-15)14(17)8-11-3-5-12(18)6-4-11/h3-8H,1-2H3/b14-8-. The van der Waals surface area contributed by atoms with Crippen molar-refractivity contribution in [3.05, 3.63) is 59.1 Å². The fourth-order valence-electron chi connectivity index (χ4n) is 2.04. The van der Waals surface area contributed by atoms with Gasteiger partial charge in [0, 0.05) is 0 Å². The summed E-state index contributed by atoms with van der Waals surface area (Å²) in [6.07, 6.45) is 1.63. The third kappa shape index (κ3) is 2.94. The molecule has 4 nitrogen and oxygen atoms in total. The Bertz CT molecular complexity index is 834. The lowest BCUT2D eigenvalue weighted by Crippen LogP contribution is -1.79. The average Bonchev–Trinajstić information content (AvgIpc) is 3.08. The lowest BCUT2D eigenvalue weighted by atomic mass is 10.2. The quantitative estimate of drug-likeness (QED) is 0.694. The van der Waals surface area contributed by atoms with Gasteiger partial charge in [0.15, 0.2) is 0 Å². The minimum atomic E-state index is -0.306. The highest BCUT2D eigenvalue weighted by Gasteiger charge is 2.16. The highest BCUT2D eigenvalue weighted by molar-refractivity contribution is 6.50. The molecule has 112 valence electrons. The molecule has 0 unspecified atom stereocenters. The summed E-state index contributed by atoms with van der Waals surface area (Å²) in [5.41, 5.74) is 1.48. The molecule has 0 amide bonds. The number of nitrogens with zero attached hydrogens (tertiary/aromatic N) is 2. The summed E-state index contributed by atoms with van der Waals surface area (Å²) in [6, 6.07) is 7.75. The molecule has 1 aromatic carbocycles. The summed E-state index contributed by atoms with van der Waals surface area (Å²) >= 11 is 6.17. The van der Waals surface area contributed by atoms with Crippen LogP contribution in [0.15, 0.2) is 39.2 Å². The molecule has 3 rings (SSSR count). The summed E-state index contributed by atoms with van der Waals surface area (Å²) in [5.74, 6) is 1.69. The summed E-state index contributed by atoms with van der Waals surface area (Å²) in [7, 11) is 0. The molecular weight excluding hydrogens is 307 g/mol. The van der Waals surface area contributed by atoms with E-state index >= 15 is 0 Å². The summed E-state index contributed by atoms with van der Waals surface area (Å²) in [4.78, 5) is 0. The molecule has 0 bridgehead atoms. The Labute approximate surface area is 131 Å². The number of furan rings is 1. The zero-order valence-electron chi connectivity index (χ0n) is 11.9. The van der Waals surface area contributed by atoms with Gasteiger partial charge in [-0.05, 0) is 43.7 Å². The molecule has 3 aromatic rings. The van der Waals surface area contributed by atoms with Crippen LogP contribution in [0.4, 0.5) is 4.39 Å². The van der Waals surface area contributed by atoms with E-state index in [9.17, 15) is 4.39 Å². The van der Waals surface area contributed by atoms with E-state index in [0.717, 1.165) is 16.9 Å². The smallest absolute Gasteiger partial charge is 0.259 e. The molecule has 0 fully saturated rings. The van der Waals surface area contributed by atoms with Crippen molar-refractivity contribution in [3.8, 4) is 11.5 Å². The van der Waals surface area contributed by atoms with Gasteiger partial charge < -0.3 is 8.83 Å². The molecular formula is C16H12ClFN2O2. The molecule has 6 heteroatoms. The maximum absolute atomic E-state index is 12.9. The van der Waals surface area contributed by atoms with Gasteiger partial charge >= 0.3 is 0 Å². The van der Waals surface area contributed by atoms with Crippen LogP contribution in [0.5, 0.6) is 0 Å². The van der Waals surface area contributed by atoms with Crippen molar-refractivity contribution >= 4 is 22.7 Å². The van der Waals surface area contributed by atoms with E-state index < -0.39 is 0 Å². The van der Waals surface area contributed by atoms with Crippen molar-refractivity contribution in [1.29, 1.82) is 0 Å². The van der Waals surface area contributed by atoms with Crippen LogP contribution in [-0.2, 0) is 0 Å². The third-order valence-corrected chi connectivity index (χ3v) is 3.33. The SMILES string of the molecule is Cc1cc(-c2nnc(/C(Cl)=C/c3ccc(F)cc3)o2)c(C)o1. The number of aromatic nitrogens is 2. The van der Waals surface area contributed by atoms with Crippen LogP contribution in [0.3, 0.4) is 0 Å². The largest absolute Gasteiger partial charge is 0.466 e. The number of hydrogen-bond acceptors (Lipinski definition) is 4. The van der Waals surface area contributed by atoms with Crippen molar-refractivity contribution < 1.29 is 13.2 Å². The van der Waals surface area contributed by atoms with Crippen LogP contribution < -0.4 is 0 Å².